The fourth-order valence-corrected chi connectivity index (χ4v) is 5.30. The molecule has 0 bridgehead atoms. The number of ether oxygens (including phenoxy) is 2. The third kappa shape index (κ3) is 4.95. The second-order valence-corrected chi connectivity index (χ2v) is 10.1. The Morgan fingerprint density at radius 2 is 2.14 bits per heavy atom. The van der Waals surface area contributed by atoms with Gasteiger partial charge in [0.25, 0.3) is 0 Å². The molecule has 2 aromatic heterocycles. The van der Waals surface area contributed by atoms with E-state index >= 15 is 4.39 Å². The number of nitrogens with zero attached hydrogens (tertiary/aromatic N) is 5. The number of hydrogen-bond acceptors (Lipinski definition) is 8. The minimum Gasteiger partial charge on any atom is -0.453 e. The van der Waals surface area contributed by atoms with Gasteiger partial charge in [0.15, 0.2) is 5.82 Å². The summed E-state index contributed by atoms with van der Waals surface area (Å²) >= 11 is 6.46. The number of aliphatic hydroxyl groups excluding tert-OH is 1. The highest BCUT2D eigenvalue weighted by molar-refractivity contribution is 6.33. The lowest BCUT2D eigenvalue weighted by Crippen LogP contribution is -2.42. The number of fused-ring (bicyclic) bond motifs is 1. The monoisotopic (exact) mass is 532 g/mol. The van der Waals surface area contributed by atoms with Crippen LogP contribution in [-0.4, -0.2) is 81.2 Å². The lowest BCUT2D eigenvalue weighted by molar-refractivity contribution is -0.0136. The van der Waals surface area contributed by atoms with E-state index < -0.39 is 11.9 Å². The third-order valence-corrected chi connectivity index (χ3v) is 7.21. The molecule has 3 atom stereocenters. The highest BCUT2D eigenvalue weighted by atomic mass is 35.5. The average molecular weight is 533 g/mol. The van der Waals surface area contributed by atoms with E-state index in [0.29, 0.717) is 49.3 Å². The van der Waals surface area contributed by atoms with Crippen LogP contribution in [0.4, 0.5) is 15.1 Å². The minimum absolute atomic E-state index is 0.00469. The zero-order valence-corrected chi connectivity index (χ0v) is 21.7. The molecule has 10 nitrogen and oxygen atoms in total. The molecule has 2 aliphatic rings. The Morgan fingerprint density at radius 1 is 1.32 bits per heavy atom. The summed E-state index contributed by atoms with van der Waals surface area (Å²) < 4.78 is 27.6. The molecule has 4 heterocycles. The van der Waals surface area contributed by atoms with Crippen LogP contribution >= 0.6 is 11.6 Å². The molecule has 5 rings (SSSR count). The van der Waals surface area contributed by atoms with Crippen LogP contribution in [0.2, 0.25) is 5.02 Å². The van der Waals surface area contributed by atoms with Crippen molar-refractivity contribution >= 4 is 34.7 Å². The van der Waals surface area contributed by atoms with Crippen LogP contribution in [0, 0.1) is 5.82 Å². The predicted octanol–water partition coefficient (Wildman–Crippen LogP) is 3.98. The van der Waals surface area contributed by atoms with Crippen molar-refractivity contribution in [3.63, 3.8) is 0 Å². The van der Waals surface area contributed by atoms with E-state index in [2.05, 4.69) is 20.3 Å². The Labute approximate surface area is 218 Å². The normalized spacial score (nSPS) is 22.1. The largest absolute Gasteiger partial charge is 0.453 e. The van der Waals surface area contributed by atoms with Crippen LogP contribution in [0.15, 0.2) is 18.3 Å². The van der Waals surface area contributed by atoms with Crippen LogP contribution < -0.4 is 5.32 Å². The van der Waals surface area contributed by atoms with Crippen LogP contribution in [0.25, 0.3) is 22.3 Å². The fraction of sp³-hybridized carbons (Fsp3) is 0.520. The van der Waals surface area contributed by atoms with Crippen molar-refractivity contribution < 1.29 is 23.8 Å². The molecule has 2 saturated heterocycles. The topological polar surface area (TPSA) is 115 Å². The number of rotatable bonds is 5. The standard InChI is InChI=1S/C25H30ClFN6O4/c1-13(2)33-19-9-15(21-16(26)10-28-24(31-21)29-18-5-7-37-12-20(18)34)8-17(27)22(19)30-23(33)14-4-6-32(11-14)25(35)36-3/h8-10,13-14,18,20,34H,4-7,11-12H2,1-3H3,(H,28,29,31)/t14-,18+,20+/m0/s1. The number of imidazole rings is 1. The Kier molecular flexibility index (Phi) is 7.19. The maximum Gasteiger partial charge on any atom is 0.409 e. The molecule has 2 aliphatic heterocycles. The number of benzene rings is 1. The molecule has 3 aromatic rings. The van der Waals surface area contributed by atoms with Gasteiger partial charge in [-0.1, -0.05) is 11.6 Å². The SMILES string of the molecule is COC(=O)N1CC[C@H](c2nc3c(F)cc(-c4nc(N[C@@H]5CCOC[C@H]5O)ncc4Cl)cc3n2C(C)C)C1. The summed E-state index contributed by atoms with van der Waals surface area (Å²) in [4.78, 5) is 27.1. The maximum absolute atomic E-state index is 15.5. The molecule has 12 heteroatoms. The number of aliphatic hydroxyl groups is 1. The van der Waals surface area contributed by atoms with Crippen LogP contribution in [-0.2, 0) is 9.47 Å². The van der Waals surface area contributed by atoms with E-state index in [1.54, 1.807) is 4.90 Å². The molecule has 0 unspecified atom stereocenters. The summed E-state index contributed by atoms with van der Waals surface area (Å²) in [6.45, 7) is 5.81. The summed E-state index contributed by atoms with van der Waals surface area (Å²) in [5.41, 5.74) is 1.75. The number of anilines is 1. The molecule has 37 heavy (non-hydrogen) atoms. The quantitative estimate of drug-likeness (QED) is 0.507. The summed E-state index contributed by atoms with van der Waals surface area (Å²) in [6.07, 6.45) is 1.72. The Bertz CT molecular complexity index is 1320. The molecule has 198 valence electrons. The molecule has 2 N–H and O–H groups in total. The number of halogens is 2. The lowest BCUT2D eigenvalue weighted by atomic mass is 10.1. The first-order valence-corrected chi connectivity index (χ1v) is 12.7. The first-order valence-electron chi connectivity index (χ1n) is 12.4. The van der Waals surface area contributed by atoms with Gasteiger partial charge in [0.1, 0.15) is 11.3 Å². The second-order valence-electron chi connectivity index (χ2n) is 9.73. The van der Waals surface area contributed by atoms with Crippen molar-refractivity contribution in [1.82, 2.24) is 24.4 Å². The molecular weight excluding hydrogens is 503 g/mol. The average Bonchev–Trinajstić information content (AvgIpc) is 3.51. The molecule has 0 radical (unpaired) electrons. The van der Waals surface area contributed by atoms with E-state index in [1.165, 1.54) is 19.4 Å². The second kappa shape index (κ2) is 10.4. The zero-order chi connectivity index (χ0) is 26.3. The Morgan fingerprint density at radius 3 is 2.86 bits per heavy atom. The fourth-order valence-electron chi connectivity index (χ4n) is 5.10. The third-order valence-electron chi connectivity index (χ3n) is 6.94. The number of amides is 1. The number of methoxy groups -OCH3 is 1. The summed E-state index contributed by atoms with van der Waals surface area (Å²) in [5.74, 6) is 0.496. The minimum atomic E-state index is -0.685. The van der Waals surface area contributed by atoms with Crippen LogP contribution in [0.1, 0.15) is 44.5 Å². The van der Waals surface area contributed by atoms with E-state index in [0.717, 1.165) is 5.82 Å². The Hall–Kier alpha value is -3.02. The van der Waals surface area contributed by atoms with E-state index in [9.17, 15) is 9.90 Å². The molecule has 1 aromatic carbocycles. The van der Waals surface area contributed by atoms with Gasteiger partial charge in [-0.3, -0.25) is 0 Å². The molecule has 2 fully saturated rings. The van der Waals surface area contributed by atoms with Gasteiger partial charge >= 0.3 is 6.09 Å². The number of likely N-dealkylation sites (tertiary alicyclic amines) is 1. The van der Waals surface area contributed by atoms with Crippen molar-refractivity contribution in [2.75, 3.05) is 38.7 Å². The highest BCUT2D eigenvalue weighted by Gasteiger charge is 2.33. The molecule has 0 aliphatic carbocycles. The van der Waals surface area contributed by atoms with E-state index in [-0.39, 0.29) is 47.2 Å². The first kappa shape index (κ1) is 25.6. The molecular formula is C25H30ClFN6O4. The zero-order valence-electron chi connectivity index (χ0n) is 20.9. The maximum atomic E-state index is 15.5. The van der Waals surface area contributed by atoms with Gasteiger partial charge in [-0.05, 0) is 38.8 Å². The number of carbonyl (C=O) groups excluding carboxylic acids is 1. The van der Waals surface area contributed by atoms with Gasteiger partial charge in [0.05, 0.1) is 48.3 Å². The summed E-state index contributed by atoms with van der Waals surface area (Å²) in [7, 11) is 1.36. The van der Waals surface area contributed by atoms with Crippen molar-refractivity contribution in [3.8, 4) is 11.3 Å². The highest BCUT2D eigenvalue weighted by Crippen LogP contribution is 2.36. The van der Waals surface area contributed by atoms with E-state index in [4.69, 9.17) is 21.1 Å². The van der Waals surface area contributed by atoms with Crippen molar-refractivity contribution in [1.29, 1.82) is 0 Å². The van der Waals surface area contributed by atoms with Gasteiger partial charge in [0.2, 0.25) is 5.95 Å². The van der Waals surface area contributed by atoms with Crippen LogP contribution in [0.3, 0.4) is 0 Å². The Balaban J connectivity index is 1.52. The van der Waals surface area contributed by atoms with Gasteiger partial charge in [-0.15, -0.1) is 0 Å². The predicted molar refractivity (Wildman–Crippen MR) is 136 cm³/mol. The van der Waals surface area contributed by atoms with Crippen molar-refractivity contribution in [3.05, 3.63) is 35.0 Å². The first-order chi connectivity index (χ1) is 17.8. The van der Waals surface area contributed by atoms with Gasteiger partial charge in [0, 0.05) is 37.2 Å². The van der Waals surface area contributed by atoms with Gasteiger partial charge in [-0.2, -0.15) is 0 Å². The number of nitrogens with one attached hydrogen (secondary N) is 1. The van der Waals surface area contributed by atoms with Crippen molar-refractivity contribution in [2.45, 2.75) is 50.8 Å². The lowest BCUT2D eigenvalue weighted by Gasteiger charge is -2.28. The summed E-state index contributed by atoms with van der Waals surface area (Å²) in [5, 5.41) is 13.6. The van der Waals surface area contributed by atoms with E-state index in [1.807, 2.05) is 24.5 Å². The molecule has 1 amide bonds. The molecule has 0 saturated carbocycles. The van der Waals surface area contributed by atoms with Crippen molar-refractivity contribution in [2.24, 2.45) is 0 Å². The van der Waals surface area contributed by atoms with Gasteiger partial charge in [-0.25, -0.2) is 24.1 Å². The number of carbonyl (C=O) groups is 1. The molecule has 0 spiro atoms. The number of hydrogen-bond donors (Lipinski definition) is 2. The number of aromatic nitrogens is 4. The smallest absolute Gasteiger partial charge is 0.409 e. The van der Waals surface area contributed by atoms with Crippen LogP contribution in [0.5, 0.6) is 0 Å². The summed E-state index contributed by atoms with van der Waals surface area (Å²) in [6, 6.07) is 2.95. The van der Waals surface area contributed by atoms with Gasteiger partial charge < -0.3 is 29.4 Å².